The van der Waals surface area contributed by atoms with Crippen LogP contribution in [-0.2, 0) is 0 Å². The van der Waals surface area contributed by atoms with Gasteiger partial charge in [0.05, 0.1) is 22.1 Å². The zero-order chi connectivity index (χ0) is 20.1. The summed E-state index contributed by atoms with van der Waals surface area (Å²) in [7, 11) is 3.94. The average molecular weight is 414 g/mol. The van der Waals surface area contributed by atoms with Gasteiger partial charge in [0.25, 0.3) is 5.91 Å². The first-order chi connectivity index (χ1) is 13.3. The van der Waals surface area contributed by atoms with Crippen molar-refractivity contribution in [3.63, 3.8) is 0 Å². The smallest absolute Gasteiger partial charge is 0.273 e. The molecule has 2 aromatic heterocycles. The van der Waals surface area contributed by atoms with E-state index in [0.717, 1.165) is 27.9 Å². The van der Waals surface area contributed by atoms with E-state index in [1.165, 1.54) is 16.2 Å². The maximum Gasteiger partial charge on any atom is 0.273 e. The lowest BCUT2D eigenvalue weighted by atomic mass is 9.91. The molecule has 0 saturated carbocycles. The van der Waals surface area contributed by atoms with Gasteiger partial charge in [-0.25, -0.2) is 4.98 Å². The van der Waals surface area contributed by atoms with Gasteiger partial charge in [0.15, 0.2) is 0 Å². The number of carbonyl (C=O) groups excluding carboxylic acids is 1. The topological polar surface area (TPSA) is 72.3 Å². The van der Waals surface area contributed by atoms with E-state index in [0.29, 0.717) is 15.5 Å². The third-order valence-electron chi connectivity index (χ3n) is 5.08. The normalized spacial score (nSPS) is 26.1. The van der Waals surface area contributed by atoms with Crippen LogP contribution in [-0.4, -0.2) is 52.4 Å². The monoisotopic (exact) mass is 413 g/mol. The molecular weight excluding hydrogens is 390 g/mol. The van der Waals surface area contributed by atoms with E-state index >= 15 is 0 Å². The number of hydrogen-bond acceptors (Lipinski definition) is 7. The number of rotatable bonds is 4. The summed E-state index contributed by atoms with van der Waals surface area (Å²) < 4.78 is 0. The van der Waals surface area contributed by atoms with E-state index in [2.05, 4.69) is 36.3 Å². The average Bonchev–Trinajstić information content (AvgIpc) is 3.20. The SMILES string of the molecule is CC1NC2(C)C=C(N(C=N)C(=O)c3cc4c(N(C)C)ccnc4s3)C=CC2S1. The lowest BCUT2D eigenvalue weighted by Gasteiger charge is -2.32. The molecule has 3 unspecified atom stereocenters. The molecular formula is C20H23N5OS2. The molecule has 1 saturated heterocycles. The lowest BCUT2D eigenvalue weighted by Crippen LogP contribution is -2.46. The molecule has 4 rings (SSSR count). The van der Waals surface area contributed by atoms with Crippen molar-refractivity contribution in [1.82, 2.24) is 15.2 Å². The number of nitrogens with zero attached hydrogens (tertiary/aromatic N) is 3. The molecule has 1 aliphatic heterocycles. The summed E-state index contributed by atoms with van der Waals surface area (Å²) in [5.74, 6) is -0.209. The molecule has 146 valence electrons. The second-order valence-electron chi connectivity index (χ2n) is 7.41. The minimum Gasteiger partial charge on any atom is -0.377 e. The highest BCUT2D eigenvalue weighted by Crippen LogP contribution is 2.40. The van der Waals surface area contributed by atoms with E-state index in [-0.39, 0.29) is 11.4 Å². The zero-order valence-corrected chi connectivity index (χ0v) is 17.9. The number of fused-ring (bicyclic) bond motifs is 2. The number of thioether (sulfide) groups is 1. The van der Waals surface area contributed by atoms with Crippen molar-refractivity contribution in [1.29, 1.82) is 5.41 Å². The van der Waals surface area contributed by atoms with Crippen LogP contribution >= 0.6 is 23.1 Å². The van der Waals surface area contributed by atoms with Gasteiger partial charge in [-0.15, -0.1) is 23.1 Å². The van der Waals surface area contributed by atoms with Crippen molar-refractivity contribution in [3.05, 3.63) is 47.1 Å². The molecule has 1 fully saturated rings. The second kappa shape index (κ2) is 7.02. The largest absolute Gasteiger partial charge is 0.377 e. The molecule has 1 amide bonds. The van der Waals surface area contributed by atoms with Crippen LogP contribution in [0, 0.1) is 5.41 Å². The first kappa shape index (κ1) is 19.2. The molecule has 0 radical (unpaired) electrons. The molecule has 8 heteroatoms. The van der Waals surface area contributed by atoms with Crippen LogP contribution in [0.5, 0.6) is 0 Å². The quantitative estimate of drug-likeness (QED) is 0.591. The highest BCUT2D eigenvalue weighted by Gasteiger charge is 2.42. The van der Waals surface area contributed by atoms with Crippen LogP contribution in [0.2, 0.25) is 0 Å². The number of hydrogen-bond donors (Lipinski definition) is 2. The van der Waals surface area contributed by atoms with Gasteiger partial charge < -0.3 is 4.90 Å². The molecule has 0 aromatic carbocycles. The number of amides is 1. The van der Waals surface area contributed by atoms with Gasteiger partial charge in [-0.05, 0) is 38.1 Å². The highest BCUT2D eigenvalue weighted by molar-refractivity contribution is 8.01. The lowest BCUT2D eigenvalue weighted by molar-refractivity contribution is 0.0887. The van der Waals surface area contributed by atoms with Crippen LogP contribution in [0.1, 0.15) is 23.5 Å². The summed E-state index contributed by atoms with van der Waals surface area (Å²) in [6.45, 7) is 4.28. The number of allylic oxidation sites excluding steroid dienone is 1. The summed E-state index contributed by atoms with van der Waals surface area (Å²) in [6.07, 6.45) is 8.98. The highest BCUT2D eigenvalue weighted by atomic mass is 32.2. The molecule has 2 N–H and O–H groups in total. The van der Waals surface area contributed by atoms with Gasteiger partial charge in [0.1, 0.15) is 4.83 Å². The number of anilines is 1. The molecule has 3 heterocycles. The third kappa shape index (κ3) is 3.15. The van der Waals surface area contributed by atoms with Crippen molar-refractivity contribution in [2.45, 2.75) is 30.0 Å². The van der Waals surface area contributed by atoms with E-state index < -0.39 is 0 Å². The maximum absolute atomic E-state index is 13.2. The standard InChI is InChI=1S/C20H23N5OS2/c1-12-23-20(2)10-13(5-6-17(20)27-12)25(11-21)19(26)16-9-14-15(24(3)4)7-8-22-18(14)28-16/h5-12,17,21,23H,1-4H3. The van der Waals surface area contributed by atoms with E-state index in [9.17, 15) is 4.79 Å². The predicted octanol–water partition coefficient (Wildman–Crippen LogP) is 3.67. The molecule has 28 heavy (non-hydrogen) atoms. The Balaban J connectivity index is 1.69. The van der Waals surface area contributed by atoms with Gasteiger partial charge in [-0.3, -0.25) is 20.4 Å². The summed E-state index contributed by atoms with van der Waals surface area (Å²) in [6, 6.07) is 3.82. The fraction of sp³-hybridized carbons (Fsp3) is 0.350. The Labute approximate surface area is 172 Å². The minimum absolute atomic E-state index is 0.209. The van der Waals surface area contributed by atoms with Crippen molar-refractivity contribution in [2.75, 3.05) is 19.0 Å². The fourth-order valence-electron chi connectivity index (χ4n) is 3.77. The second-order valence-corrected chi connectivity index (χ2v) is 9.93. The maximum atomic E-state index is 13.2. The van der Waals surface area contributed by atoms with Crippen LogP contribution in [0.25, 0.3) is 10.2 Å². The summed E-state index contributed by atoms with van der Waals surface area (Å²) in [5, 5.41) is 13.1. The Morgan fingerprint density at radius 1 is 1.43 bits per heavy atom. The molecule has 2 aromatic rings. The fourth-order valence-corrected chi connectivity index (χ4v) is 6.07. The molecule has 6 nitrogen and oxygen atoms in total. The molecule has 0 spiro atoms. The van der Waals surface area contributed by atoms with Crippen molar-refractivity contribution in [3.8, 4) is 0 Å². The predicted molar refractivity (Wildman–Crippen MR) is 119 cm³/mol. The van der Waals surface area contributed by atoms with Crippen LogP contribution in [0.4, 0.5) is 5.69 Å². The molecule has 0 bridgehead atoms. The van der Waals surface area contributed by atoms with Crippen molar-refractivity contribution < 1.29 is 4.79 Å². The summed E-state index contributed by atoms with van der Waals surface area (Å²) in [5.41, 5.74) is 1.52. The van der Waals surface area contributed by atoms with Gasteiger partial charge in [-0.2, -0.15) is 0 Å². The summed E-state index contributed by atoms with van der Waals surface area (Å²) >= 11 is 3.23. The first-order valence-electron chi connectivity index (χ1n) is 9.06. The van der Waals surface area contributed by atoms with Gasteiger partial charge in [0, 0.05) is 42.3 Å². The molecule has 2 aliphatic rings. The Kier molecular flexibility index (Phi) is 4.81. The molecule has 1 aliphatic carbocycles. The summed E-state index contributed by atoms with van der Waals surface area (Å²) in [4.78, 5) is 22.5. The number of thiophene rings is 1. The molecule has 3 atom stereocenters. The van der Waals surface area contributed by atoms with Crippen LogP contribution in [0.3, 0.4) is 0 Å². The van der Waals surface area contributed by atoms with Crippen molar-refractivity contribution >= 4 is 51.2 Å². The van der Waals surface area contributed by atoms with E-state index in [1.807, 2.05) is 49.0 Å². The Morgan fingerprint density at radius 2 is 2.21 bits per heavy atom. The Hall–Kier alpha value is -2.16. The van der Waals surface area contributed by atoms with E-state index in [1.54, 1.807) is 6.20 Å². The Morgan fingerprint density at radius 3 is 2.93 bits per heavy atom. The van der Waals surface area contributed by atoms with E-state index in [4.69, 9.17) is 5.41 Å². The Bertz CT molecular complexity index is 1010. The third-order valence-corrected chi connectivity index (χ3v) is 7.57. The van der Waals surface area contributed by atoms with Crippen LogP contribution < -0.4 is 10.2 Å². The number of pyridine rings is 1. The first-order valence-corrected chi connectivity index (χ1v) is 10.8. The van der Waals surface area contributed by atoms with Gasteiger partial charge in [0.2, 0.25) is 0 Å². The minimum atomic E-state index is -0.227. The van der Waals surface area contributed by atoms with Crippen molar-refractivity contribution in [2.24, 2.45) is 0 Å². The zero-order valence-electron chi connectivity index (χ0n) is 16.3. The number of nitrogens with one attached hydrogen (secondary N) is 2. The van der Waals surface area contributed by atoms with Crippen LogP contribution in [0.15, 0.2) is 42.3 Å². The number of aromatic nitrogens is 1. The number of carbonyl (C=O) groups is 1. The van der Waals surface area contributed by atoms with Gasteiger partial charge in [-0.1, -0.05) is 6.08 Å². The van der Waals surface area contributed by atoms with Gasteiger partial charge >= 0.3 is 0 Å².